The van der Waals surface area contributed by atoms with Crippen molar-refractivity contribution >= 4 is 5.78 Å². The Kier molecular flexibility index (Phi) is 3.55. The summed E-state index contributed by atoms with van der Waals surface area (Å²) in [6.07, 6.45) is 1.58. The van der Waals surface area contributed by atoms with Crippen molar-refractivity contribution < 1.29 is 14.3 Å². The highest BCUT2D eigenvalue weighted by Crippen LogP contribution is 2.29. The standard InChI is InChI=1S/C14H16N2O3/c1-9-12(10(2)17)8-15-16(9)11-5-6-13(18-3)14(7-11)19-4/h5-8H,1-4H3. The lowest BCUT2D eigenvalue weighted by molar-refractivity contribution is 0.101. The zero-order chi connectivity index (χ0) is 14.0. The second kappa shape index (κ2) is 5.14. The molecule has 1 aromatic carbocycles. The first-order valence-corrected chi connectivity index (χ1v) is 5.86. The predicted molar refractivity (Wildman–Crippen MR) is 71.4 cm³/mol. The van der Waals surface area contributed by atoms with Crippen LogP contribution in [0.4, 0.5) is 0 Å². The molecule has 0 atom stereocenters. The fraction of sp³-hybridized carbons (Fsp3) is 0.286. The largest absolute Gasteiger partial charge is 0.493 e. The summed E-state index contributed by atoms with van der Waals surface area (Å²) in [7, 11) is 3.17. The molecule has 0 amide bonds. The first kappa shape index (κ1) is 13.1. The van der Waals surface area contributed by atoms with Gasteiger partial charge in [-0.25, -0.2) is 4.68 Å². The van der Waals surface area contributed by atoms with Gasteiger partial charge in [0.15, 0.2) is 17.3 Å². The third-order valence-corrected chi connectivity index (χ3v) is 3.00. The summed E-state index contributed by atoms with van der Waals surface area (Å²) in [5.41, 5.74) is 2.25. The summed E-state index contributed by atoms with van der Waals surface area (Å²) in [5.74, 6) is 1.28. The van der Waals surface area contributed by atoms with Crippen LogP contribution in [0.25, 0.3) is 5.69 Å². The van der Waals surface area contributed by atoms with Gasteiger partial charge in [-0.05, 0) is 26.0 Å². The quantitative estimate of drug-likeness (QED) is 0.792. The number of rotatable bonds is 4. The van der Waals surface area contributed by atoms with Crippen molar-refractivity contribution in [3.8, 4) is 17.2 Å². The maximum atomic E-state index is 11.4. The van der Waals surface area contributed by atoms with E-state index in [0.717, 1.165) is 11.4 Å². The third kappa shape index (κ3) is 2.31. The summed E-state index contributed by atoms with van der Waals surface area (Å²) in [5, 5.41) is 4.24. The number of hydrogen-bond acceptors (Lipinski definition) is 4. The molecule has 5 nitrogen and oxygen atoms in total. The molecule has 0 aliphatic heterocycles. The van der Waals surface area contributed by atoms with E-state index in [1.807, 2.05) is 25.1 Å². The molecule has 0 fully saturated rings. The number of aromatic nitrogens is 2. The lowest BCUT2D eigenvalue weighted by Gasteiger charge is -2.10. The van der Waals surface area contributed by atoms with Crippen molar-refractivity contribution in [3.05, 3.63) is 35.7 Å². The van der Waals surface area contributed by atoms with E-state index < -0.39 is 0 Å². The van der Waals surface area contributed by atoms with Crippen LogP contribution in [-0.2, 0) is 0 Å². The van der Waals surface area contributed by atoms with Crippen LogP contribution in [0.3, 0.4) is 0 Å². The first-order valence-electron chi connectivity index (χ1n) is 5.86. The fourth-order valence-corrected chi connectivity index (χ4v) is 1.97. The third-order valence-electron chi connectivity index (χ3n) is 3.00. The smallest absolute Gasteiger partial charge is 0.163 e. The number of ketones is 1. The summed E-state index contributed by atoms with van der Waals surface area (Å²) in [4.78, 5) is 11.4. The summed E-state index contributed by atoms with van der Waals surface area (Å²) >= 11 is 0. The van der Waals surface area contributed by atoms with E-state index in [1.54, 1.807) is 25.1 Å². The van der Waals surface area contributed by atoms with E-state index in [0.29, 0.717) is 17.1 Å². The number of nitrogens with zero attached hydrogens (tertiary/aromatic N) is 2. The monoisotopic (exact) mass is 260 g/mol. The molecule has 0 aliphatic carbocycles. The molecule has 5 heteroatoms. The molecule has 0 spiro atoms. The van der Waals surface area contributed by atoms with Crippen LogP contribution in [-0.4, -0.2) is 29.8 Å². The maximum absolute atomic E-state index is 11.4. The number of ether oxygens (including phenoxy) is 2. The number of carbonyl (C=O) groups is 1. The Morgan fingerprint density at radius 2 is 1.89 bits per heavy atom. The molecule has 2 rings (SSSR count). The van der Waals surface area contributed by atoms with Gasteiger partial charge in [-0.1, -0.05) is 0 Å². The molecular formula is C14H16N2O3. The molecule has 0 radical (unpaired) electrons. The van der Waals surface area contributed by atoms with Gasteiger partial charge in [-0.3, -0.25) is 4.79 Å². The molecule has 2 aromatic rings. The molecule has 0 unspecified atom stereocenters. The van der Waals surface area contributed by atoms with E-state index in [-0.39, 0.29) is 5.78 Å². The Balaban J connectivity index is 2.50. The van der Waals surface area contributed by atoms with Crippen LogP contribution in [0.5, 0.6) is 11.5 Å². The molecule has 100 valence electrons. The zero-order valence-corrected chi connectivity index (χ0v) is 11.4. The van der Waals surface area contributed by atoms with Crippen LogP contribution in [0.15, 0.2) is 24.4 Å². The van der Waals surface area contributed by atoms with Crippen molar-refractivity contribution in [1.82, 2.24) is 9.78 Å². The normalized spacial score (nSPS) is 10.3. The highest BCUT2D eigenvalue weighted by atomic mass is 16.5. The Bertz CT molecular complexity index is 617. The SMILES string of the molecule is COc1ccc(-n2ncc(C(C)=O)c2C)cc1OC. The molecule has 1 aromatic heterocycles. The molecule has 19 heavy (non-hydrogen) atoms. The van der Waals surface area contributed by atoms with Crippen molar-refractivity contribution in [2.45, 2.75) is 13.8 Å². The molecule has 0 bridgehead atoms. The van der Waals surface area contributed by atoms with Crippen LogP contribution in [0.1, 0.15) is 23.0 Å². The first-order chi connectivity index (χ1) is 9.08. The van der Waals surface area contributed by atoms with Gasteiger partial charge in [-0.2, -0.15) is 5.10 Å². The minimum Gasteiger partial charge on any atom is -0.493 e. The van der Waals surface area contributed by atoms with Gasteiger partial charge in [-0.15, -0.1) is 0 Å². The highest BCUT2D eigenvalue weighted by Gasteiger charge is 2.13. The minimum absolute atomic E-state index is 0.00391. The lowest BCUT2D eigenvalue weighted by atomic mass is 10.2. The Hall–Kier alpha value is -2.30. The van der Waals surface area contributed by atoms with Crippen molar-refractivity contribution in [2.24, 2.45) is 0 Å². The minimum atomic E-state index is 0.00391. The maximum Gasteiger partial charge on any atom is 0.163 e. The van der Waals surface area contributed by atoms with Crippen LogP contribution >= 0.6 is 0 Å². The highest BCUT2D eigenvalue weighted by molar-refractivity contribution is 5.95. The topological polar surface area (TPSA) is 53.4 Å². The van der Waals surface area contributed by atoms with Crippen LogP contribution in [0, 0.1) is 6.92 Å². The van der Waals surface area contributed by atoms with Gasteiger partial charge in [0.25, 0.3) is 0 Å². The predicted octanol–water partition coefficient (Wildman–Crippen LogP) is 2.40. The lowest BCUT2D eigenvalue weighted by Crippen LogP contribution is -2.02. The summed E-state index contributed by atoms with van der Waals surface area (Å²) in [6, 6.07) is 5.50. The average Bonchev–Trinajstić information content (AvgIpc) is 2.80. The van der Waals surface area contributed by atoms with Gasteiger partial charge in [0.2, 0.25) is 0 Å². The molecule has 0 N–H and O–H groups in total. The van der Waals surface area contributed by atoms with E-state index in [4.69, 9.17) is 9.47 Å². The zero-order valence-electron chi connectivity index (χ0n) is 11.4. The number of benzene rings is 1. The average molecular weight is 260 g/mol. The van der Waals surface area contributed by atoms with E-state index in [9.17, 15) is 4.79 Å². The second-order valence-electron chi connectivity index (χ2n) is 4.15. The number of methoxy groups -OCH3 is 2. The van der Waals surface area contributed by atoms with E-state index in [1.165, 1.54) is 6.92 Å². The Morgan fingerprint density at radius 1 is 1.21 bits per heavy atom. The number of carbonyl (C=O) groups excluding carboxylic acids is 1. The molecule has 0 aliphatic rings. The van der Waals surface area contributed by atoms with E-state index in [2.05, 4.69) is 5.10 Å². The van der Waals surface area contributed by atoms with E-state index >= 15 is 0 Å². The van der Waals surface area contributed by atoms with Gasteiger partial charge >= 0.3 is 0 Å². The van der Waals surface area contributed by atoms with Gasteiger partial charge in [0, 0.05) is 6.07 Å². The fourth-order valence-electron chi connectivity index (χ4n) is 1.97. The van der Waals surface area contributed by atoms with Crippen LogP contribution in [0.2, 0.25) is 0 Å². The second-order valence-corrected chi connectivity index (χ2v) is 4.15. The molecule has 1 heterocycles. The van der Waals surface area contributed by atoms with Crippen molar-refractivity contribution in [3.63, 3.8) is 0 Å². The van der Waals surface area contributed by atoms with Crippen molar-refractivity contribution in [2.75, 3.05) is 14.2 Å². The molecular weight excluding hydrogens is 244 g/mol. The Morgan fingerprint density at radius 3 is 2.42 bits per heavy atom. The summed E-state index contributed by atoms with van der Waals surface area (Å²) in [6.45, 7) is 3.39. The van der Waals surface area contributed by atoms with Gasteiger partial charge in [0.05, 0.1) is 37.4 Å². The molecule has 0 saturated carbocycles. The van der Waals surface area contributed by atoms with Gasteiger partial charge < -0.3 is 9.47 Å². The van der Waals surface area contributed by atoms with Gasteiger partial charge in [0.1, 0.15) is 0 Å². The summed E-state index contributed by atoms with van der Waals surface area (Å²) < 4.78 is 12.2. The number of hydrogen-bond donors (Lipinski definition) is 0. The number of Topliss-reactive ketones (excluding diaryl/α,β-unsaturated/α-hetero) is 1. The molecule has 0 saturated heterocycles. The van der Waals surface area contributed by atoms with Crippen LogP contribution < -0.4 is 9.47 Å². The van der Waals surface area contributed by atoms with Crippen molar-refractivity contribution in [1.29, 1.82) is 0 Å². The Labute approximate surface area is 111 Å².